The third-order valence-corrected chi connectivity index (χ3v) is 7.47. The molecular formula is C19H29NO2. The minimum absolute atomic E-state index is 0.136. The molecule has 1 spiro atoms. The average Bonchev–Trinajstić information content (AvgIpc) is 3.04. The van der Waals surface area contributed by atoms with E-state index in [2.05, 4.69) is 37.8 Å². The Balaban J connectivity index is 1.53. The fraction of sp³-hybridized carbons (Fsp3) is 0.895. The van der Waals surface area contributed by atoms with E-state index < -0.39 is 0 Å². The van der Waals surface area contributed by atoms with E-state index in [1.54, 1.807) is 0 Å². The van der Waals surface area contributed by atoms with E-state index in [1.165, 1.54) is 38.6 Å². The lowest BCUT2D eigenvalue weighted by molar-refractivity contribution is -0.296. The summed E-state index contributed by atoms with van der Waals surface area (Å²) in [5.74, 6) is 2.14. The summed E-state index contributed by atoms with van der Waals surface area (Å²) >= 11 is 0. The predicted octanol–water partition coefficient (Wildman–Crippen LogP) is 3.35. The zero-order chi connectivity index (χ0) is 15.1. The molecule has 5 aliphatic rings. The highest BCUT2D eigenvalue weighted by Gasteiger charge is 2.64. The largest absolute Gasteiger partial charge is 0.359 e. The van der Waals surface area contributed by atoms with Crippen molar-refractivity contribution in [2.45, 2.75) is 82.5 Å². The van der Waals surface area contributed by atoms with Gasteiger partial charge in [-0.3, -0.25) is 4.90 Å². The summed E-state index contributed by atoms with van der Waals surface area (Å²) in [5.41, 5.74) is 0.0805. The molecule has 3 heteroatoms. The number of hydrogen-bond acceptors (Lipinski definition) is 3. The van der Waals surface area contributed by atoms with E-state index >= 15 is 0 Å². The maximum absolute atomic E-state index is 6.78. The number of fused-ring (bicyclic) bond motifs is 3. The van der Waals surface area contributed by atoms with E-state index in [0.29, 0.717) is 24.0 Å². The normalized spacial score (nSPS) is 55.6. The van der Waals surface area contributed by atoms with Crippen molar-refractivity contribution in [2.24, 2.45) is 17.8 Å². The summed E-state index contributed by atoms with van der Waals surface area (Å²) < 4.78 is 13.2. The molecule has 4 fully saturated rings. The van der Waals surface area contributed by atoms with Gasteiger partial charge in [-0.25, -0.2) is 0 Å². The van der Waals surface area contributed by atoms with Crippen LogP contribution in [0.4, 0.5) is 0 Å². The number of piperidine rings is 1. The first-order valence-electron chi connectivity index (χ1n) is 9.30. The molecule has 1 aliphatic carbocycles. The van der Waals surface area contributed by atoms with Gasteiger partial charge in [0.1, 0.15) is 11.8 Å². The van der Waals surface area contributed by atoms with Crippen molar-refractivity contribution in [1.29, 1.82) is 0 Å². The third-order valence-electron chi connectivity index (χ3n) is 7.47. The van der Waals surface area contributed by atoms with Crippen LogP contribution in [0.2, 0.25) is 0 Å². The van der Waals surface area contributed by atoms with E-state index in [1.807, 2.05) is 0 Å². The molecule has 22 heavy (non-hydrogen) atoms. The fourth-order valence-electron chi connectivity index (χ4n) is 6.20. The predicted molar refractivity (Wildman–Crippen MR) is 85.4 cm³/mol. The third kappa shape index (κ3) is 1.63. The highest BCUT2D eigenvalue weighted by molar-refractivity contribution is 5.26. The lowest BCUT2D eigenvalue weighted by atomic mass is 9.66. The van der Waals surface area contributed by atoms with Gasteiger partial charge in [-0.15, -0.1) is 0 Å². The van der Waals surface area contributed by atoms with Crippen LogP contribution >= 0.6 is 0 Å². The van der Waals surface area contributed by atoms with Crippen LogP contribution in [0.1, 0.15) is 52.9 Å². The van der Waals surface area contributed by atoms with Gasteiger partial charge in [0, 0.05) is 18.0 Å². The number of hydrogen-bond donors (Lipinski definition) is 0. The molecular weight excluding hydrogens is 274 g/mol. The Morgan fingerprint density at radius 3 is 2.82 bits per heavy atom. The molecule has 2 bridgehead atoms. The molecule has 0 aromatic carbocycles. The molecule has 7 atom stereocenters. The SMILES string of the molecule is C[C@@H]1CC[C@@H]2[C@@H](C1)O[C@@H]1N(CC[C@@H]3C[C@H]4C=C[C@]31O4)C2(C)C. The number of ether oxygens (including phenoxy) is 2. The van der Waals surface area contributed by atoms with Gasteiger partial charge in [-0.1, -0.05) is 19.4 Å². The maximum Gasteiger partial charge on any atom is 0.144 e. The van der Waals surface area contributed by atoms with Crippen LogP contribution in [0.5, 0.6) is 0 Å². The molecule has 0 amide bonds. The molecule has 3 nitrogen and oxygen atoms in total. The van der Waals surface area contributed by atoms with Crippen molar-refractivity contribution in [3.05, 3.63) is 12.2 Å². The monoisotopic (exact) mass is 303 g/mol. The molecule has 0 unspecified atom stereocenters. The van der Waals surface area contributed by atoms with Gasteiger partial charge in [0.25, 0.3) is 0 Å². The quantitative estimate of drug-likeness (QED) is 0.641. The smallest absolute Gasteiger partial charge is 0.144 e. The van der Waals surface area contributed by atoms with Gasteiger partial charge in [-0.05, 0) is 57.4 Å². The first kappa shape index (κ1) is 14.0. The average molecular weight is 303 g/mol. The summed E-state index contributed by atoms with van der Waals surface area (Å²) in [6.45, 7) is 8.47. The summed E-state index contributed by atoms with van der Waals surface area (Å²) in [6.07, 6.45) is 11.9. The van der Waals surface area contributed by atoms with Gasteiger partial charge in [0.05, 0.1) is 12.2 Å². The molecule has 4 heterocycles. The standard InChI is InChI=1S/C19H29NO2/c1-12-4-5-15-16(10-12)21-17-19-8-6-14(22-19)11-13(19)7-9-20(17)18(15,2)3/h6,8,12-17H,4-5,7,9-11H2,1-3H3/t12-,13-,14-,15-,16-,17+,19+/m1/s1. The first-order chi connectivity index (χ1) is 10.5. The summed E-state index contributed by atoms with van der Waals surface area (Å²) in [6, 6.07) is 0. The first-order valence-corrected chi connectivity index (χ1v) is 9.30. The lowest BCUT2D eigenvalue weighted by Gasteiger charge is -2.62. The van der Waals surface area contributed by atoms with E-state index in [4.69, 9.17) is 9.47 Å². The Kier molecular flexibility index (Phi) is 2.78. The van der Waals surface area contributed by atoms with E-state index in [9.17, 15) is 0 Å². The van der Waals surface area contributed by atoms with Gasteiger partial charge < -0.3 is 9.47 Å². The van der Waals surface area contributed by atoms with Crippen molar-refractivity contribution in [1.82, 2.24) is 4.90 Å². The molecule has 122 valence electrons. The van der Waals surface area contributed by atoms with Crippen molar-refractivity contribution in [3.8, 4) is 0 Å². The van der Waals surface area contributed by atoms with Crippen LogP contribution in [0.25, 0.3) is 0 Å². The zero-order valence-corrected chi connectivity index (χ0v) is 14.1. The minimum atomic E-state index is -0.147. The Morgan fingerprint density at radius 2 is 2.00 bits per heavy atom. The fourth-order valence-corrected chi connectivity index (χ4v) is 6.20. The molecule has 1 saturated carbocycles. The van der Waals surface area contributed by atoms with Crippen molar-refractivity contribution in [3.63, 3.8) is 0 Å². The highest BCUT2D eigenvalue weighted by atomic mass is 16.6. The van der Waals surface area contributed by atoms with E-state index in [0.717, 1.165) is 5.92 Å². The molecule has 3 saturated heterocycles. The highest BCUT2D eigenvalue weighted by Crippen LogP contribution is 2.56. The summed E-state index contributed by atoms with van der Waals surface area (Å²) in [4.78, 5) is 2.65. The Labute approximate surface area is 134 Å². The Hall–Kier alpha value is -0.380. The number of rotatable bonds is 0. The molecule has 0 aromatic rings. The second kappa shape index (κ2) is 4.37. The van der Waals surface area contributed by atoms with Gasteiger partial charge in [0.2, 0.25) is 0 Å². The molecule has 0 aromatic heterocycles. The second-order valence-corrected chi connectivity index (χ2v) is 8.99. The van der Waals surface area contributed by atoms with Gasteiger partial charge >= 0.3 is 0 Å². The van der Waals surface area contributed by atoms with Crippen LogP contribution in [-0.4, -0.2) is 41.0 Å². The van der Waals surface area contributed by atoms with Crippen LogP contribution in [0, 0.1) is 17.8 Å². The Morgan fingerprint density at radius 1 is 1.14 bits per heavy atom. The molecule has 0 N–H and O–H groups in total. The van der Waals surface area contributed by atoms with Crippen molar-refractivity contribution in [2.75, 3.05) is 6.54 Å². The van der Waals surface area contributed by atoms with Crippen LogP contribution in [0.15, 0.2) is 12.2 Å². The van der Waals surface area contributed by atoms with Crippen molar-refractivity contribution >= 4 is 0 Å². The minimum Gasteiger partial charge on any atom is -0.359 e. The lowest BCUT2D eigenvalue weighted by Crippen LogP contribution is -2.72. The number of nitrogens with zero attached hydrogens (tertiary/aromatic N) is 1. The molecule has 4 aliphatic heterocycles. The maximum atomic E-state index is 6.78. The van der Waals surface area contributed by atoms with Crippen molar-refractivity contribution < 1.29 is 9.47 Å². The summed E-state index contributed by atoms with van der Waals surface area (Å²) in [5, 5.41) is 0. The molecule has 5 rings (SSSR count). The van der Waals surface area contributed by atoms with E-state index in [-0.39, 0.29) is 17.4 Å². The second-order valence-electron chi connectivity index (χ2n) is 8.99. The summed E-state index contributed by atoms with van der Waals surface area (Å²) in [7, 11) is 0. The zero-order valence-electron chi connectivity index (χ0n) is 14.1. The van der Waals surface area contributed by atoms with Crippen LogP contribution < -0.4 is 0 Å². The van der Waals surface area contributed by atoms with Gasteiger partial charge in [-0.2, -0.15) is 0 Å². The molecule has 0 radical (unpaired) electrons. The van der Waals surface area contributed by atoms with Crippen LogP contribution in [-0.2, 0) is 9.47 Å². The topological polar surface area (TPSA) is 21.7 Å². The Bertz CT molecular complexity index is 516. The van der Waals surface area contributed by atoms with Gasteiger partial charge in [0.15, 0.2) is 0 Å². The van der Waals surface area contributed by atoms with Crippen LogP contribution in [0.3, 0.4) is 0 Å².